The molecule has 1 saturated carbocycles. The molecular weight excluding hydrogens is 588 g/mol. The van der Waals surface area contributed by atoms with Crippen LogP contribution in [0.1, 0.15) is 56.4 Å². The zero-order valence-electron chi connectivity index (χ0n) is 26.3. The van der Waals surface area contributed by atoms with Crippen molar-refractivity contribution in [1.29, 1.82) is 0 Å². The molecule has 2 aromatic heterocycles. The molecule has 0 radical (unpaired) electrons. The molecule has 240 valence electrons. The van der Waals surface area contributed by atoms with Gasteiger partial charge < -0.3 is 20.3 Å². The maximum absolute atomic E-state index is 12.7. The van der Waals surface area contributed by atoms with E-state index < -0.39 is 0 Å². The van der Waals surface area contributed by atoms with Crippen molar-refractivity contribution in [2.75, 3.05) is 73.6 Å². The highest BCUT2D eigenvalue weighted by molar-refractivity contribution is 7.10. The number of piperidine rings is 1. The van der Waals surface area contributed by atoms with Gasteiger partial charge in [0.05, 0.1) is 36.8 Å². The van der Waals surface area contributed by atoms with E-state index in [1.165, 1.54) is 43.9 Å². The van der Waals surface area contributed by atoms with Crippen LogP contribution in [0.15, 0.2) is 42.0 Å². The molecule has 2 N–H and O–H groups in total. The lowest BCUT2D eigenvalue weighted by Crippen LogP contribution is -2.53. The van der Waals surface area contributed by atoms with Crippen LogP contribution in [-0.2, 0) is 9.63 Å². The van der Waals surface area contributed by atoms with Crippen LogP contribution in [0.4, 0.5) is 28.7 Å². The van der Waals surface area contributed by atoms with Gasteiger partial charge in [0.25, 0.3) is 0 Å². The third kappa shape index (κ3) is 6.74. The first-order chi connectivity index (χ1) is 22.1. The number of hydrogen-bond acceptors (Lipinski definition) is 11. The number of methoxy groups -OCH3 is 1. The Morgan fingerprint density at radius 3 is 2.40 bits per heavy atom. The molecule has 45 heavy (non-hydrogen) atoms. The van der Waals surface area contributed by atoms with E-state index >= 15 is 0 Å². The molecule has 11 nitrogen and oxygen atoms in total. The van der Waals surface area contributed by atoms with E-state index in [0.29, 0.717) is 36.5 Å². The average molecular weight is 633 g/mol. The molecule has 1 aromatic carbocycles. The van der Waals surface area contributed by atoms with Gasteiger partial charge in [-0.1, -0.05) is 13.0 Å². The number of hydrogen-bond donors (Lipinski definition) is 2. The van der Waals surface area contributed by atoms with E-state index in [2.05, 4.69) is 52.8 Å². The quantitative estimate of drug-likeness (QED) is 0.308. The first-order valence-corrected chi connectivity index (χ1v) is 17.3. The van der Waals surface area contributed by atoms with Crippen molar-refractivity contribution in [2.24, 2.45) is 0 Å². The second-order valence-electron chi connectivity index (χ2n) is 12.4. The van der Waals surface area contributed by atoms with E-state index in [1.807, 2.05) is 30.2 Å². The third-order valence-electron chi connectivity index (χ3n) is 9.56. The highest BCUT2D eigenvalue weighted by atomic mass is 32.1. The maximum atomic E-state index is 12.7. The Morgan fingerprint density at radius 1 is 0.978 bits per heavy atom. The standard InChI is InChI=1S/C33H44N8O3S/c1-3-33(42)37-25-19-26(36-31-21-32(35-22-34-31)41-27(10-17-44-41)30-5-4-18-45-30)29(43-2)20-28(25)40-11-8-24(9-12-40)39-15-13-38(14-16-39)23-6-7-23/h4-5,18-24,27H,3,6-17H2,1-2H3,(H,37,42)(H,34,35,36)/t27-/m1/s1. The Labute approximate surface area is 269 Å². The molecule has 12 heteroatoms. The first-order valence-electron chi connectivity index (χ1n) is 16.4. The van der Waals surface area contributed by atoms with Gasteiger partial charge in [-0.15, -0.1) is 11.3 Å². The van der Waals surface area contributed by atoms with Gasteiger partial charge in [0.2, 0.25) is 5.91 Å². The number of anilines is 5. The van der Waals surface area contributed by atoms with E-state index in [1.54, 1.807) is 24.8 Å². The van der Waals surface area contributed by atoms with Crippen molar-refractivity contribution >= 4 is 45.9 Å². The number of hydroxylamine groups is 1. The second kappa shape index (κ2) is 13.5. The lowest BCUT2D eigenvalue weighted by atomic mass is 10.0. The number of nitrogens with zero attached hydrogens (tertiary/aromatic N) is 6. The van der Waals surface area contributed by atoms with Crippen LogP contribution in [-0.4, -0.2) is 90.7 Å². The van der Waals surface area contributed by atoms with Gasteiger partial charge in [0.1, 0.15) is 17.9 Å². The topological polar surface area (TPSA) is 98.3 Å². The monoisotopic (exact) mass is 632 g/mol. The number of benzene rings is 1. The van der Waals surface area contributed by atoms with Crippen LogP contribution < -0.4 is 25.3 Å². The number of aromatic nitrogens is 2. The number of nitrogens with one attached hydrogen (secondary N) is 2. The van der Waals surface area contributed by atoms with Gasteiger partial charge >= 0.3 is 0 Å². The van der Waals surface area contributed by atoms with Crippen molar-refractivity contribution in [1.82, 2.24) is 19.8 Å². The SMILES string of the molecule is CCC(=O)Nc1cc(Nc2cc(N3OCC[C@@H]3c3cccs3)ncn2)c(OC)cc1N1CCC(N2CCN(C3CC3)CC2)CC1. The van der Waals surface area contributed by atoms with Crippen LogP contribution in [0.5, 0.6) is 5.75 Å². The van der Waals surface area contributed by atoms with Crippen molar-refractivity contribution in [2.45, 2.75) is 63.6 Å². The molecule has 7 rings (SSSR count). The minimum absolute atomic E-state index is 0.0223. The Balaban J connectivity index is 1.08. The summed E-state index contributed by atoms with van der Waals surface area (Å²) >= 11 is 1.72. The highest BCUT2D eigenvalue weighted by Gasteiger charge is 2.34. The lowest BCUT2D eigenvalue weighted by Gasteiger charge is -2.43. The van der Waals surface area contributed by atoms with E-state index in [-0.39, 0.29) is 11.9 Å². The van der Waals surface area contributed by atoms with Crippen LogP contribution in [0.2, 0.25) is 0 Å². The van der Waals surface area contributed by atoms with Crippen LogP contribution >= 0.6 is 11.3 Å². The Kier molecular flexibility index (Phi) is 9.06. The van der Waals surface area contributed by atoms with Gasteiger partial charge in [-0.3, -0.25) is 19.4 Å². The lowest BCUT2D eigenvalue weighted by molar-refractivity contribution is -0.115. The number of amides is 1. The Morgan fingerprint density at radius 2 is 1.73 bits per heavy atom. The predicted octanol–water partition coefficient (Wildman–Crippen LogP) is 5.27. The molecule has 3 saturated heterocycles. The number of carbonyl (C=O) groups is 1. The minimum atomic E-state index is -0.0223. The largest absolute Gasteiger partial charge is 0.494 e. The van der Waals surface area contributed by atoms with Crippen LogP contribution in [0.3, 0.4) is 0 Å². The fourth-order valence-corrected chi connectivity index (χ4v) is 7.77. The number of piperazine rings is 1. The molecule has 4 fully saturated rings. The molecule has 0 unspecified atom stereocenters. The molecule has 0 bridgehead atoms. The first kappa shape index (κ1) is 30.2. The second-order valence-corrected chi connectivity index (χ2v) is 13.3. The zero-order valence-corrected chi connectivity index (χ0v) is 27.1. The zero-order chi connectivity index (χ0) is 30.8. The van der Waals surface area contributed by atoms with Crippen molar-refractivity contribution in [3.63, 3.8) is 0 Å². The molecule has 1 aliphatic carbocycles. The summed E-state index contributed by atoms with van der Waals surface area (Å²) in [6.07, 6.45) is 7.84. The molecular formula is C33H44N8O3S. The van der Waals surface area contributed by atoms with Gasteiger partial charge in [-0.05, 0) is 43.2 Å². The molecule has 4 aliphatic rings. The average Bonchev–Trinajstić information content (AvgIpc) is 3.55. The van der Waals surface area contributed by atoms with E-state index in [0.717, 1.165) is 55.5 Å². The van der Waals surface area contributed by atoms with Gasteiger partial charge in [0.15, 0.2) is 5.82 Å². The number of rotatable bonds is 10. The van der Waals surface area contributed by atoms with E-state index in [4.69, 9.17) is 9.57 Å². The summed E-state index contributed by atoms with van der Waals surface area (Å²) in [6, 6.07) is 11.7. The van der Waals surface area contributed by atoms with Crippen molar-refractivity contribution < 1.29 is 14.4 Å². The number of ether oxygens (including phenoxy) is 1. The van der Waals surface area contributed by atoms with Gasteiger partial charge in [0, 0.05) is 81.2 Å². The molecule has 1 atom stereocenters. The summed E-state index contributed by atoms with van der Waals surface area (Å²) in [5.74, 6) is 1.97. The van der Waals surface area contributed by atoms with E-state index in [9.17, 15) is 4.79 Å². The summed E-state index contributed by atoms with van der Waals surface area (Å²) in [4.78, 5) is 36.7. The van der Waals surface area contributed by atoms with Crippen molar-refractivity contribution in [3.05, 3.63) is 46.9 Å². The fraction of sp³-hybridized carbons (Fsp3) is 0.545. The fourth-order valence-electron chi connectivity index (χ4n) is 6.92. The molecule has 5 heterocycles. The van der Waals surface area contributed by atoms with Crippen LogP contribution in [0, 0.1) is 0 Å². The van der Waals surface area contributed by atoms with Gasteiger partial charge in [-0.2, -0.15) is 0 Å². The smallest absolute Gasteiger partial charge is 0.224 e. The van der Waals surface area contributed by atoms with Crippen molar-refractivity contribution in [3.8, 4) is 5.75 Å². The highest BCUT2D eigenvalue weighted by Crippen LogP contribution is 2.41. The third-order valence-corrected chi connectivity index (χ3v) is 10.5. The number of thiophene rings is 1. The Bertz CT molecular complexity index is 1450. The summed E-state index contributed by atoms with van der Waals surface area (Å²) in [6.45, 7) is 9.16. The summed E-state index contributed by atoms with van der Waals surface area (Å²) in [5.41, 5.74) is 2.48. The molecule has 1 amide bonds. The minimum Gasteiger partial charge on any atom is -0.494 e. The molecule has 3 aliphatic heterocycles. The summed E-state index contributed by atoms with van der Waals surface area (Å²) < 4.78 is 5.89. The molecule has 3 aromatic rings. The predicted molar refractivity (Wildman–Crippen MR) is 179 cm³/mol. The molecule has 0 spiro atoms. The normalized spacial score (nSPS) is 21.7. The maximum Gasteiger partial charge on any atom is 0.224 e. The number of carbonyl (C=O) groups excluding carboxylic acids is 1. The summed E-state index contributed by atoms with van der Waals surface area (Å²) in [5, 5.41) is 10.5. The Hall–Kier alpha value is -3.45. The summed E-state index contributed by atoms with van der Waals surface area (Å²) in [7, 11) is 1.68. The van der Waals surface area contributed by atoms with Crippen LogP contribution in [0.25, 0.3) is 0 Å². The van der Waals surface area contributed by atoms with Gasteiger partial charge in [-0.25, -0.2) is 15.0 Å².